The van der Waals surface area contributed by atoms with Crippen molar-refractivity contribution in [3.63, 3.8) is 0 Å². The lowest BCUT2D eigenvalue weighted by molar-refractivity contribution is 0.227. The summed E-state index contributed by atoms with van der Waals surface area (Å²) in [5.74, 6) is 0.796. The molecule has 1 aliphatic heterocycles. The van der Waals surface area contributed by atoms with Crippen LogP contribution in [-0.2, 0) is 6.54 Å². The van der Waals surface area contributed by atoms with Crippen LogP contribution in [0.15, 0.2) is 41.5 Å². The molecule has 0 amide bonds. The van der Waals surface area contributed by atoms with Crippen LogP contribution in [0.1, 0.15) is 31.7 Å². The Morgan fingerprint density at radius 2 is 2.26 bits per heavy atom. The number of aliphatic imine (C=N–C) groups is 1. The average molecular weight is 332 g/mol. The molecular formula is C19H26ClN3. The topological polar surface area (TPSA) is 18.8 Å². The van der Waals surface area contributed by atoms with Gasteiger partial charge < -0.3 is 9.80 Å². The molecule has 0 aromatic heterocycles. The Morgan fingerprint density at radius 1 is 1.43 bits per heavy atom. The number of benzene rings is 1. The van der Waals surface area contributed by atoms with Crippen molar-refractivity contribution in [3.8, 4) is 0 Å². The van der Waals surface area contributed by atoms with Crippen LogP contribution in [0, 0.1) is 5.92 Å². The lowest BCUT2D eigenvalue weighted by Crippen LogP contribution is -2.37. The first-order chi connectivity index (χ1) is 11.0. The van der Waals surface area contributed by atoms with Crippen LogP contribution < -0.4 is 0 Å². The van der Waals surface area contributed by atoms with E-state index in [-0.39, 0.29) is 6.04 Å². The lowest BCUT2D eigenvalue weighted by Gasteiger charge is -2.35. The summed E-state index contributed by atoms with van der Waals surface area (Å²) in [5, 5.41) is 0.798. The summed E-state index contributed by atoms with van der Waals surface area (Å²) in [6, 6.07) is 8.90. The highest BCUT2D eigenvalue weighted by molar-refractivity contribution is 6.30. The molecule has 3 atom stereocenters. The molecule has 1 heterocycles. The quantitative estimate of drug-likeness (QED) is 0.805. The first kappa shape index (κ1) is 16.4. The number of hydrogen-bond donors (Lipinski definition) is 0. The van der Waals surface area contributed by atoms with Gasteiger partial charge in [0.15, 0.2) is 0 Å². The van der Waals surface area contributed by atoms with Crippen molar-refractivity contribution in [1.29, 1.82) is 0 Å². The molecule has 3 rings (SSSR count). The normalized spacial score (nSPS) is 26.7. The van der Waals surface area contributed by atoms with Gasteiger partial charge in [-0.1, -0.05) is 37.2 Å². The Bertz CT molecular complexity index is 598. The van der Waals surface area contributed by atoms with E-state index in [1.807, 2.05) is 18.5 Å². The van der Waals surface area contributed by atoms with E-state index < -0.39 is 0 Å². The van der Waals surface area contributed by atoms with E-state index in [9.17, 15) is 0 Å². The van der Waals surface area contributed by atoms with E-state index in [0.717, 1.165) is 29.7 Å². The third kappa shape index (κ3) is 3.89. The van der Waals surface area contributed by atoms with Gasteiger partial charge in [-0.25, -0.2) is 0 Å². The molecular weight excluding hydrogens is 306 g/mol. The molecule has 23 heavy (non-hydrogen) atoms. The molecule has 1 aliphatic carbocycles. The summed E-state index contributed by atoms with van der Waals surface area (Å²) in [5.41, 5.74) is 2.39. The summed E-state index contributed by atoms with van der Waals surface area (Å²) in [6.45, 7) is 8.55. The zero-order chi connectivity index (χ0) is 16.4. The maximum absolute atomic E-state index is 6.17. The highest BCUT2D eigenvalue weighted by Crippen LogP contribution is 2.33. The highest BCUT2D eigenvalue weighted by atomic mass is 35.5. The molecule has 2 unspecified atom stereocenters. The smallest absolute Gasteiger partial charge is 0.108 e. The second-order valence-corrected chi connectivity index (χ2v) is 7.48. The minimum Gasteiger partial charge on any atom is -0.366 e. The zero-order valence-electron chi connectivity index (χ0n) is 14.1. The van der Waals surface area contributed by atoms with Gasteiger partial charge in [0, 0.05) is 36.9 Å². The minimum absolute atomic E-state index is 0.176. The molecule has 1 saturated carbocycles. The molecule has 1 fully saturated rings. The first-order valence-corrected chi connectivity index (χ1v) is 8.84. The van der Waals surface area contributed by atoms with Gasteiger partial charge in [0.2, 0.25) is 0 Å². The van der Waals surface area contributed by atoms with Crippen molar-refractivity contribution in [2.24, 2.45) is 10.9 Å². The number of hydrogen-bond acceptors (Lipinski definition) is 3. The summed E-state index contributed by atoms with van der Waals surface area (Å²) in [6.07, 6.45) is 5.71. The summed E-state index contributed by atoms with van der Waals surface area (Å²) in [4.78, 5) is 9.23. The number of nitrogens with zero attached hydrogens (tertiary/aromatic N) is 3. The lowest BCUT2D eigenvalue weighted by atomic mass is 10.1. The summed E-state index contributed by atoms with van der Waals surface area (Å²) in [7, 11) is 2.07. The molecule has 0 spiro atoms. The molecule has 3 nitrogen and oxygen atoms in total. The van der Waals surface area contributed by atoms with Crippen LogP contribution in [0.3, 0.4) is 0 Å². The number of halogens is 1. The molecule has 1 aromatic carbocycles. The SMILES string of the molecule is C=C(C1CN(C)C=N1)N(Cc1cccc(Cl)c1)[C@@H]1CCC(C)C1. The first-order valence-electron chi connectivity index (χ1n) is 8.46. The average Bonchev–Trinajstić information content (AvgIpc) is 3.13. The standard InChI is InChI=1S/C19H26ClN3/c1-14-7-8-18(9-14)23(11-16-5-4-6-17(20)10-16)15(2)19-12-22(3)13-21-19/h4-6,10,13-14,18-19H,2,7-9,11-12H2,1,3H3/t14?,18-,19?/m1/s1. The van der Waals surface area contributed by atoms with Crippen LogP contribution in [0.2, 0.25) is 5.02 Å². The van der Waals surface area contributed by atoms with E-state index in [0.29, 0.717) is 6.04 Å². The largest absolute Gasteiger partial charge is 0.366 e. The molecule has 124 valence electrons. The molecule has 2 aliphatic rings. The molecule has 0 radical (unpaired) electrons. The second-order valence-electron chi connectivity index (χ2n) is 7.04. The van der Waals surface area contributed by atoms with Crippen LogP contribution in [-0.4, -0.2) is 41.8 Å². The molecule has 0 N–H and O–H groups in total. The van der Waals surface area contributed by atoms with E-state index in [4.69, 9.17) is 11.6 Å². The Hall–Kier alpha value is -1.48. The second kappa shape index (κ2) is 6.96. The van der Waals surface area contributed by atoms with Crippen molar-refractivity contribution < 1.29 is 0 Å². The van der Waals surface area contributed by atoms with Crippen LogP contribution in [0.25, 0.3) is 0 Å². The maximum Gasteiger partial charge on any atom is 0.108 e. The predicted octanol–water partition coefficient (Wildman–Crippen LogP) is 4.19. The van der Waals surface area contributed by atoms with Crippen molar-refractivity contribution in [1.82, 2.24) is 9.80 Å². The van der Waals surface area contributed by atoms with Crippen molar-refractivity contribution in [2.45, 2.75) is 44.8 Å². The van der Waals surface area contributed by atoms with Crippen molar-refractivity contribution in [3.05, 3.63) is 47.1 Å². The Morgan fingerprint density at radius 3 is 2.87 bits per heavy atom. The van der Waals surface area contributed by atoms with Gasteiger partial charge in [0.25, 0.3) is 0 Å². The van der Waals surface area contributed by atoms with Gasteiger partial charge in [-0.05, 0) is 42.9 Å². The predicted molar refractivity (Wildman–Crippen MR) is 97.8 cm³/mol. The third-order valence-corrected chi connectivity index (χ3v) is 5.24. The van der Waals surface area contributed by atoms with Gasteiger partial charge in [0.1, 0.15) is 6.04 Å². The van der Waals surface area contributed by atoms with Crippen molar-refractivity contribution >= 4 is 17.9 Å². The van der Waals surface area contributed by atoms with Crippen LogP contribution >= 0.6 is 11.6 Å². The highest BCUT2D eigenvalue weighted by Gasteiger charge is 2.31. The fourth-order valence-corrected chi connectivity index (χ4v) is 3.91. The number of likely N-dealkylation sites (N-methyl/N-ethyl adjacent to an activating group) is 1. The van der Waals surface area contributed by atoms with E-state index in [1.54, 1.807) is 0 Å². The zero-order valence-corrected chi connectivity index (χ0v) is 14.8. The fourth-order valence-electron chi connectivity index (χ4n) is 3.70. The molecule has 0 saturated heterocycles. The Labute approximate surface area is 144 Å². The maximum atomic E-state index is 6.17. The Balaban J connectivity index is 1.78. The summed E-state index contributed by atoms with van der Waals surface area (Å²) >= 11 is 6.17. The van der Waals surface area contributed by atoms with Gasteiger partial charge in [-0.3, -0.25) is 4.99 Å². The van der Waals surface area contributed by atoms with E-state index in [1.165, 1.54) is 24.8 Å². The van der Waals surface area contributed by atoms with Crippen molar-refractivity contribution in [2.75, 3.05) is 13.6 Å². The fraction of sp³-hybridized carbons (Fsp3) is 0.526. The molecule has 4 heteroatoms. The third-order valence-electron chi connectivity index (χ3n) is 5.01. The Kier molecular flexibility index (Phi) is 4.96. The van der Waals surface area contributed by atoms with E-state index >= 15 is 0 Å². The van der Waals surface area contributed by atoms with Crippen LogP contribution in [0.4, 0.5) is 0 Å². The van der Waals surface area contributed by atoms with E-state index in [2.05, 4.69) is 47.5 Å². The molecule has 0 bridgehead atoms. The summed E-state index contributed by atoms with van der Waals surface area (Å²) < 4.78 is 0. The molecule has 1 aromatic rings. The number of rotatable bonds is 5. The van der Waals surface area contributed by atoms with Gasteiger partial charge in [-0.2, -0.15) is 0 Å². The monoisotopic (exact) mass is 331 g/mol. The van der Waals surface area contributed by atoms with Gasteiger partial charge in [-0.15, -0.1) is 0 Å². The van der Waals surface area contributed by atoms with Gasteiger partial charge >= 0.3 is 0 Å². The van der Waals surface area contributed by atoms with Gasteiger partial charge in [0.05, 0.1) is 6.34 Å². The van der Waals surface area contributed by atoms with Crippen LogP contribution in [0.5, 0.6) is 0 Å². The minimum atomic E-state index is 0.176.